The molecule has 0 aliphatic rings. The molecule has 1 aromatic heterocycles. The fraction of sp³-hybridized carbons (Fsp3) is 0.333. The van der Waals surface area contributed by atoms with E-state index >= 15 is 0 Å². The summed E-state index contributed by atoms with van der Waals surface area (Å²) < 4.78 is 4.96. The van der Waals surface area contributed by atoms with E-state index in [2.05, 4.69) is 35.5 Å². The van der Waals surface area contributed by atoms with Crippen molar-refractivity contribution in [1.82, 2.24) is 10.3 Å². The summed E-state index contributed by atoms with van der Waals surface area (Å²) in [5.74, 6) is -0.127. The first-order chi connectivity index (χ1) is 11.1. The van der Waals surface area contributed by atoms with Crippen LogP contribution in [0.15, 0.2) is 36.7 Å². The van der Waals surface area contributed by atoms with Crippen molar-refractivity contribution in [2.24, 2.45) is 0 Å². The number of nitrogens with one attached hydrogen (secondary N) is 2. The number of methoxy groups -OCH3 is 1. The van der Waals surface area contributed by atoms with E-state index in [-0.39, 0.29) is 5.91 Å². The highest BCUT2D eigenvalue weighted by Crippen LogP contribution is 2.22. The number of aromatic nitrogens is 1. The van der Waals surface area contributed by atoms with Crippen molar-refractivity contribution in [1.29, 1.82) is 0 Å². The van der Waals surface area contributed by atoms with Crippen LogP contribution in [-0.4, -0.2) is 31.2 Å². The number of hydrogen-bond acceptors (Lipinski definition) is 4. The van der Waals surface area contributed by atoms with E-state index in [1.54, 1.807) is 25.6 Å². The highest BCUT2D eigenvalue weighted by Gasteiger charge is 2.07. The van der Waals surface area contributed by atoms with Gasteiger partial charge in [-0.2, -0.15) is 0 Å². The molecule has 1 amide bonds. The third-order valence-corrected chi connectivity index (χ3v) is 3.69. The fourth-order valence-electron chi connectivity index (χ4n) is 2.19. The molecular formula is C18H23N3O2. The second kappa shape index (κ2) is 8.29. The first-order valence-electron chi connectivity index (χ1n) is 7.67. The van der Waals surface area contributed by atoms with E-state index in [0.717, 1.165) is 17.8 Å². The molecule has 1 heterocycles. The van der Waals surface area contributed by atoms with Crippen LogP contribution in [0.4, 0.5) is 11.4 Å². The van der Waals surface area contributed by atoms with E-state index < -0.39 is 0 Å². The molecule has 5 nitrogen and oxygen atoms in total. The number of rotatable bonds is 7. The van der Waals surface area contributed by atoms with Gasteiger partial charge in [-0.25, -0.2) is 0 Å². The van der Waals surface area contributed by atoms with E-state index in [4.69, 9.17) is 4.74 Å². The van der Waals surface area contributed by atoms with Crippen LogP contribution in [0, 0.1) is 13.8 Å². The second-order valence-corrected chi connectivity index (χ2v) is 5.44. The zero-order valence-electron chi connectivity index (χ0n) is 13.8. The van der Waals surface area contributed by atoms with Crippen molar-refractivity contribution >= 4 is 17.3 Å². The van der Waals surface area contributed by atoms with Crippen molar-refractivity contribution in [2.75, 3.05) is 25.6 Å². The van der Waals surface area contributed by atoms with Crippen LogP contribution in [0.1, 0.15) is 27.9 Å². The zero-order valence-corrected chi connectivity index (χ0v) is 13.8. The lowest BCUT2D eigenvalue weighted by atomic mass is 10.1. The average molecular weight is 313 g/mol. The number of carbonyl (C=O) groups is 1. The van der Waals surface area contributed by atoms with Crippen molar-refractivity contribution < 1.29 is 9.53 Å². The van der Waals surface area contributed by atoms with Gasteiger partial charge in [0.2, 0.25) is 0 Å². The van der Waals surface area contributed by atoms with Crippen molar-refractivity contribution in [3.63, 3.8) is 0 Å². The molecule has 1 aromatic carbocycles. The Labute approximate surface area is 137 Å². The van der Waals surface area contributed by atoms with Gasteiger partial charge in [0.25, 0.3) is 5.91 Å². The van der Waals surface area contributed by atoms with Crippen molar-refractivity contribution in [3.8, 4) is 0 Å². The van der Waals surface area contributed by atoms with Gasteiger partial charge in [0.05, 0.1) is 17.4 Å². The Morgan fingerprint density at radius 2 is 2.09 bits per heavy atom. The van der Waals surface area contributed by atoms with Crippen LogP contribution in [0.5, 0.6) is 0 Å². The van der Waals surface area contributed by atoms with Crippen LogP contribution in [0.25, 0.3) is 0 Å². The van der Waals surface area contributed by atoms with Crippen LogP contribution in [0.3, 0.4) is 0 Å². The Morgan fingerprint density at radius 1 is 1.26 bits per heavy atom. The molecule has 0 aliphatic heterocycles. The fourth-order valence-corrected chi connectivity index (χ4v) is 2.19. The van der Waals surface area contributed by atoms with E-state index in [9.17, 15) is 4.79 Å². The molecule has 0 saturated carbocycles. The highest BCUT2D eigenvalue weighted by molar-refractivity contribution is 5.94. The maximum atomic E-state index is 12.1. The minimum atomic E-state index is -0.127. The third kappa shape index (κ3) is 4.79. The summed E-state index contributed by atoms with van der Waals surface area (Å²) in [7, 11) is 1.65. The standard InChI is InChI=1S/C18H23N3O2/c1-13-6-4-7-17(14(13)2)21-16-10-15(11-19-12-16)18(22)20-8-5-9-23-3/h4,6-7,10-12,21H,5,8-9H2,1-3H3,(H,20,22). The smallest absolute Gasteiger partial charge is 0.252 e. The highest BCUT2D eigenvalue weighted by atomic mass is 16.5. The second-order valence-electron chi connectivity index (χ2n) is 5.44. The average Bonchev–Trinajstić information content (AvgIpc) is 2.56. The monoisotopic (exact) mass is 313 g/mol. The first-order valence-corrected chi connectivity index (χ1v) is 7.67. The summed E-state index contributed by atoms with van der Waals surface area (Å²) in [5.41, 5.74) is 4.75. The first kappa shape index (κ1) is 17.0. The summed E-state index contributed by atoms with van der Waals surface area (Å²) in [6, 6.07) is 7.90. The lowest BCUT2D eigenvalue weighted by Gasteiger charge is -2.12. The maximum Gasteiger partial charge on any atom is 0.252 e. The molecule has 5 heteroatoms. The number of benzene rings is 1. The van der Waals surface area contributed by atoms with Gasteiger partial charge in [0.15, 0.2) is 0 Å². The van der Waals surface area contributed by atoms with Gasteiger partial charge in [-0.05, 0) is 43.5 Å². The molecule has 0 saturated heterocycles. The minimum Gasteiger partial charge on any atom is -0.385 e. The molecule has 0 unspecified atom stereocenters. The molecule has 0 atom stereocenters. The number of anilines is 2. The molecule has 0 radical (unpaired) electrons. The van der Waals surface area contributed by atoms with Gasteiger partial charge in [-0.1, -0.05) is 12.1 Å². The summed E-state index contributed by atoms with van der Waals surface area (Å²) >= 11 is 0. The Balaban J connectivity index is 2.04. The summed E-state index contributed by atoms with van der Waals surface area (Å²) in [5, 5.41) is 6.18. The molecule has 0 aliphatic carbocycles. The maximum absolute atomic E-state index is 12.1. The largest absolute Gasteiger partial charge is 0.385 e. The summed E-state index contributed by atoms with van der Waals surface area (Å²) in [6.07, 6.45) is 4.07. The van der Waals surface area contributed by atoms with Gasteiger partial charge in [0, 0.05) is 32.1 Å². The third-order valence-electron chi connectivity index (χ3n) is 3.69. The normalized spacial score (nSPS) is 10.4. The molecule has 23 heavy (non-hydrogen) atoms. The van der Waals surface area contributed by atoms with Gasteiger partial charge >= 0.3 is 0 Å². The Morgan fingerprint density at radius 3 is 2.87 bits per heavy atom. The van der Waals surface area contributed by atoms with Gasteiger partial charge in [0.1, 0.15) is 0 Å². The lowest BCUT2D eigenvalue weighted by Crippen LogP contribution is -2.25. The van der Waals surface area contributed by atoms with E-state index in [1.165, 1.54) is 11.1 Å². The molecule has 2 N–H and O–H groups in total. The molecular weight excluding hydrogens is 290 g/mol. The minimum absolute atomic E-state index is 0.127. The summed E-state index contributed by atoms with van der Waals surface area (Å²) in [4.78, 5) is 16.3. The number of ether oxygens (including phenoxy) is 1. The van der Waals surface area contributed by atoms with Crippen LogP contribution >= 0.6 is 0 Å². The van der Waals surface area contributed by atoms with Crippen molar-refractivity contribution in [3.05, 3.63) is 53.3 Å². The van der Waals surface area contributed by atoms with Crippen LogP contribution < -0.4 is 10.6 Å². The quantitative estimate of drug-likeness (QED) is 0.771. The van der Waals surface area contributed by atoms with Gasteiger partial charge in [-0.15, -0.1) is 0 Å². The number of carbonyl (C=O) groups excluding carboxylic acids is 1. The predicted molar refractivity (Wildman–Crippen MR) is 92.3 cm³/mol. The van der Waals surface area contributed by atoms with Gasteiger partial charge < -0.3 is 15.4 Å². The number of nitrogens with zero attached hydrogens (tertiary/aromatic N) is 1. The zero-order chi connectivity index (χ0) is 16.7. The molecule has 2 rings (SSSR count). The molecule has 2 aromatic rings. The molecule has 0 spiro atoms. The van der Waals surface area contributed by atoms with E-state index in [1.807, 2.05) is 12.1 Å². The van der Waals surface area contributed by atoms with Gasteiger partial charge in [-0.3, -0.25) is 9.78 Å². The van der Waals surface area contributed by atoms with Crippen LogP contribution in [-0.2, 0) is 4.74 Å². The predicted octanol–water partition coefficient (Wildman–Crippen LogP) is 3.21. The lowest BCUT2D eigenvalue weighted by molar-refractivity contribution is 0.0948. The Bertz CT molecular complexity index is 671. The summed E-state index contributed by atoms with van der Waals surface area (Å²) in [6.45, 7) is 5.36. The van der Waals surface area contributed by atoms with Crippen LogP contribution in [0.2, 0.25) is 0 Å². The molecule has 0 bridgehead atoms. The molecule has 0 fully saturated rings. The Hall–Kier alpha value is -2.40. The van der Waals surface area contributed by atoms with E-state index in [0.29, 0.717) is 18.7 Å². The number of pyridine rings is 1. The Kier molecular flexibility index (Phi) is 6.11. The topological polar surface area (TPSA) is 63.2 Å². The SMILES string of the molecule is COCCCNC(=O)c1cncc(Nc2cccc(C)c2C)c1. The number of hydrogen-bond donors (Lipinski definition) is 2. The van der Waals surface area contributed by atoms with Crippen molar-refractivity contribution in [2.45, 2.75) is 20.3 Å². The molecule has 122 valence electrons. The number of aryl methyl sites for hydroxylation is 1. The number of amides is 1.